The highest BCUT2D eigenvalue weighted by Gasteiger charge is 2.08. The van der Waals surface area contributed by atoms with Gasteiger partial charge in [-0.25, -0.2) is 10.2 Å². The Bertz CT molecular complexity index is 1130. The van der Waals surface area contributed by atoms with Crippen molar-refractivity contribution in [2.75, 3.05) is 14.2 Å². The maximum absolute atomic E-state index is 12.2. The van der Waals surface area contributed by atoms with Crippen LogP contribution in [0.4, 0.5) is 0 Å². The Morgan fingerprint density at radius 2 is 1.72 bits per heavy atom. The first-order chi connectivity index (χ1) is 15.5. The van der Waals surface area contributed by atoms with Gasteiger partial charge in [0, 0.05) is 5.56 Å². The Morgan fingerprint density at radius 3 is 2.41 bits per heavy atom. The average molecular weight is 434 g/mol. The van der Waals surface area contributed by atoms with Crippen LogP contribution >= 0.6 is 0 Å². The fourth-order valence-corrected chi connectivity index (χ4v) is 2.78. The van der Waals surface area contributed by atoms with E-state index in [4.69, 9.17) is 19.3 Å². The average Bonchev–Trinajstić information content (AvgIpc) is 2.83. The second-order valence-corrected chi connectivity index (χ2v) is 6.63. The summed E-state index contributed by atoms with van der Waals surface area (Å²) in [6.45, 7) is 0.250. The largest absolute Gasteiger partial charge is 0.497 e. The van der Waals surface area contributed by atoms with Gasteiger partial charge in [-0.15, -0.1) is 0 Å². The number of nitrogens with zero attached hydrogens (tertiary/aromatic N) is 1. The zero-order valence-electron chi connectivity index (χ0n) is 17.6. The summed E-state index contributed by atoms with van der Waals surface area (Å²) in [4.78, 5) is 23.1. The van der Waals surface area contributed by atoms with Crippen molar-refractivity contribution >= 4 is 18.1 Å². The van der Waals surface area contributed by atoms with E-state index < -0.39 is 5.97 Å². The molecule has 0 saturated heterocycles. The fraction of sp³-hybridized carbons (Fsp3) is 0.125. The Balaban J connectivity index is 1.61. The van der Waals surface area contributed by atoms with Gasteiger partial charge in [0.1, 0.15) is 12.4 Å². The first kappa shape index (κ1) is 22.4. The molecule has 0 bridgehead atoms. The van der Waals surface area contributed by atoms with Gasteiger partial charge in [-0.2, -0.15) is 5.10 Å². The third kappa shape index (κ3) is 5.85. The van der Waals surface area contributed by atoms with Crippen LogP contribution in [0, 0.1) is 0 Å². The molecule has 32 heavy (non-hydrogen) atoms. The van der Waals surface area contributed by atoms with Gasteiger partial charge < -0.3 is 19.3 Å². The molecule has 1 amide bonds. The van der Waals surface area contributed by atoms with E-state index in [0.29, 0.717) is 28.4 Å². The van der Waals surface area contributed by atoms with Crippen LogP contribution in [-0.2, 0) is 6.61 Å². The van der Waals surface area contributed by atoms with E-state index in [1.54, 1.807) is 54.6 Å². The summed E-state index contributed by atoms with van der Waals surface area (Å²) in [5.41, 5.74) is 4.64. The maximum Gasteiger partial charge on any atom is 0.335 e. The van der Waals surface area contributed by atoms with Crippen LogP contribution in [0.2, 0.25) is 0 Å². The minimum Gasteiger partial charge on any atom is -0.497 e. The van der Waals surface area contributed by atoms with Gasteiger partial charge in [0.15, 0.2) is 11.5 Å². The van der Waals surface area contributed by atoms with Crippen molar-refractivity contribution < 1.29 is 28.9 Å². The molecule has 164 valence electrons. The van der Waals surface area contributed by atoms with Crippen molar-refractivity contribution in [2.45, 2.75) is 6.61 Å². The molecule has 0 aliphatic heterocycles. The summed E-state index contributed by atoms with van der Waals surface area (Å²) >= 11 is 0. The molecule has 0 aliphatic rings. The summed E-state index contributed by atoms with van der Waals surface area (Å²) in [6, 6.07) is 18.4. The van der Waals surface area contributed by atoms with Crippen molar-refractivity contribution in [2.24, 2.45) is 5.10 Å². The summed E-state index contributed by atoms with van der Waals surface area (Å²) in [5, 5.41) is 12.9. The van der Waals surface area contributed by atoms with Crippen LogP contribution in [0.1, 0.15) is 31.8 Å². The zero-order valence-corrected chi connectivity index (χ0v) is 17.6. The van der Waals surface area contributed by atoms with Crippen LogP contribution in [0.15, 0.2) is 71.8 Å². The summed E-state index contributed by atoms with van der Waals surface area (Å²) in [6.07, 6.45) is 1.50. The van der Waals surface area contributed by atoms with E-state index in [1.165, 1.54) is 32.6 Å². The number of carbonyl (C=O) groups is 2. The molecule has 0 aromatic heterocycles. The number of carboxylic acid groups (broad SMARTS) is 1. The van der Waals surface area contributed by atoms with Crippen molar-refractivity contribution in [3.8, 4) is 17.2 Å². The number of benzene rings is 3. The fourth-order valence-electron chi connectivity index (χ4n) is 2.78. The zero-order chi connectivity index (χ0) is 22.9. The topological polar surface area (TPSA) is 106 Å². The van der Waals surface area contributed by atoms with Crippen LogP contribution in [0.3, 0.4) is 0 Å². The molecule has 0 atom stereocenters. The Labute approximate surface area is 185 Å². The molecule has 0 unspecified atom stereocenters. The Kier molecular flexibility index (Phi) is 7.42. The Hall–Kier alpha value is -4.33. The van der Waals surface area contributed by atoms with Crippen molar-refractivity contribution in [1.82, 2.24) is 5.43 Å². The first-order valence-electron chi connectivity index (χ1n) is 9.60. The highest BCUT2D eigenvalue weighted by molar-refractivity contribution is 5.95. The molecule has 8 heteroatoms. The lowest BCUT2D eigenvalue weighted by Crippen LogP contribution is -2.17. The summed E-state index contributed by atoms with van der Waals surface area (Å²) in [7, 11) is 3.06. The van der Waals surface area contributed by atoms with Crippen LogP contribution in [-0.4, -0.2) is 37.4 Å². The number of carboxylic acids is 1. The number of hydrogen-bond acceptors (Lipinski definition) is 6. The number of nitrogens with one attached hydrogen (secondary N) is 1. The molecule has 0 spiro atoms. The SMILES string of the molecule is COc1cccc(C(=O)N/N=C/c2ccc(OCc3ccc(C(=O)O)cc3)c(OC)c2)c1. The van der Waals surface area contributed by atoms with Crippen molar-refractivity contribution in [3.63, 3.8) is 0 Å². The molecule has 3 rings (SSSR count). The predicted molar refractivity (Wildman–Crippen MR) is 119 cm³/mol. The summed E-state index contributed by atoms with van der Waals surface area (Å²) < 4.78 is 16.3. The number of ether oxygens (including phenoxy) is 3. The standard InChI is InChI=1S/C24H22N2O6/c1-30-20-5-3-4-19(13-20)23(27)26-25-14-17-8-11-21(22(12-17)31-2)32-15-16-6-9-18(10-7-16)24(28)29/h3-14H,15H2,1-2H3,(H,26,27)(H,28,29)/b25-14+. The van der Waals surface area contributed by atoms with Crippen LogP contribution in [0.25, 0.3) is 0 Å². The third-order valence-corrected chi connectivity index (χ3v) is 4.49. The highest BCUT2D eigenvalue weighted by Crippen LogP contribution is 2.28. The minimum absolute atomic E-state index is 0.216. The van der Waals surface area contributed by atoms with Gasteiger partial charge >= 0.3 is 5.97 Å². The van der Waals surface area contributed by atoms with Crippen LogP contribution < -0.4 is 19.6 Å². The van der Waals surface area contributed by atoms with Gasteiger partial charge in [0.25, 0.3) is 5.91 Å². The van der Waals surface area contributed by atoms with Crippen LogP contribution in [0.5, 0.6) is 17.2 Å². The quantitative estimate of drug-likeness (QED) is 0.393. The monoisotopic (exact) mass is 434 g/mol. The first-order valence-corrected chi connectivity index (χ1v) is 9.60. The number of hydrogen-bond donors (Lipinski definition) is 2. The molecule has 0 fully saturated rings. The van der Waals surface area contributed by atoms with E-state index in [9.17, 15) is 9.59 Å². The third-order valence-electron chi connectivity index (χ3n) is 4.49. The van der Waals surface area contributed by atoms with Gasteiger partial charge in [-0.1, -0.05) is 18.2 Å². The van der Waals surface area contributed by atoms with E-state index in [2.05, 4.69) is 10.5 Å². The number of rotatable bonds is 9. The van der Waals surface area contributed by atoms with E-state index in [1.807, 2.05) is 0 Å². The predicted octanol–water partition coefficient (Wildman–Crippen LogP) is 3.74. The highest BCUT2D eigenvalue weighted by atomic mass is 16.5. The lowest BCUT2D eigenvalue weighted by molar-refractivity contribution is 0.0696. The number of aromatic carboxylic acids is 1. The lowest BCUT2D eigenvalue weighted by atomic mass is 10.1. The second-order valence-electron chi connectivity index (χ2n) is 6.63. The molecule has 0 aliphatic carbocycles. The second kappa shape index (κ2) is 10.6. The van der Waals surface area contributed by atoms with Gasteiger partial charge in [-0.3, -0.25) is 4.79 Å². The number of amides is 1. The molecule has 0 heterocycles. The lowest BCUT2D eigenvalue weighted by Gasteiger charge is -2.11. The van der Waals surface area contributed by atoms with Gasteiger partial charge in [0.2, 0.25) is 0 Å². The minimum atomic E-state index is -0.976. The molecular weight excluding hydrogens is 412 g/mol. The molecule has 3 aromatic rings. The molecule has 0 radical (unpaired) electrons. The number of hydrazone groups is 1. The molecule has 2 N–H and O–H groups in total. The van der Waals surface area contributed by atoms with Gasteiger partial charge in [-0.05, 0) is 59.7 Å². The van der Waals surface area contributed by atoms with E-state index >= 15 is 0 Å². The molecule has 3 aromatic carbocycles. The number of carbonyl (C=O) groups excluding carboxylic acids is 1. The van der Waals surface area contributed by atoms with Crippen molar-refractivity contribution in [1.29, 1.82) is 0 Å². The maximum atomic E-state index is 12.2. The molecule has 8 nitrogen and oxygen atoms in total. The smallest absolute Gasteiger partial charge is 0.335 e. The molecular formula is C24H22N2O6. The van der Waals surface area contributed by atoms with E-state index in [0.717, 1.165) is 5.56 Å². The Morgan fingerprint density at radius 1 is 0.938 bits per heavy atom. The normalized spacial score (nSPS) is 10.6. The van der Waals surface area contributed by atoms with Crippen molar-refractivity contribution in [3.05, 3.63) is 89.0 Å². The number of methoxy groups -OCH3 is 2. The molecule has 0 saturated carbocycles. The van der Waals surface area contributed by atoms with Gasteiger partial charge in [0.05, 0.1) is 26.0 Å². The summed E-state index contributed by atoms with van der Waals surface area (Å²) in [5.74, 6) is 0.263. The van der Waals surface area contributed by atoms with E-state index in [-0.39, 0.29) is 18.1 Å².